The van der Waals surface area contributed by atoms with Gasteiger partial charge in [-0.15, -0.1) is 0 Å². The lowest BCUT2D eigenvalue weighted by Crippen LogP contribution is -2.28. The molecule has 11 heteroatoms. The summed E-state index contributed by atoms with van der Waals surface area (Å²) >= 11 is 1.09. The zero-order valence-corrected chi connectivity index (χ0v) is 17.4. The number of alkyl halides is 3. The van der Waals surface area contributed by atoms with Crippen molar-refractivity contribution >= 4 is 33.9 Å². The van der Waals surface area contributed by atoms with Crippen LogP contribution < -0.4 is 15.5 Å². The van der Waals surface area contributed by atoms with Crippen LogP contribution in [0.25, 0.3) is 11.5 Å². The minimum atomic E-state index is -4.46. The predicted octanol–water partition coefficient (Wildman–Crippen LogP) is 4.57. The number of rotatable bonds is 5. The molecule has 0 saturated heterocycles. The lowest BCUT2D eigenvalue weighted by atomic mass is 10.2. The lowest BCUT2D eigenvalue weighted by Gasteiger charge is -2.23. The average molecular weight is 435 g/mol. The maximum Gasteiger partial charge on any atom is 0.417 e. The van der Waals surface area contributed by atoms with Gasteiger partial charge >= 0.3 is 6.18 Å². The molecule has 0 bridgehead atoms. The first-order valence-electron chi connectivity index (χ1n) is 9.38. The fourth-order valence-electron chi connectivity index (χ4n) is 3.34. The van der Waals surface area contributed by atoms with Crippen LogP contribution in [0.5, 0.6) is 0 Å². The molecule has 0 atom stereocenters. The maximum absolute atomic E-state index is 12.9. The van der Waals surface area contributed by atoms with Gasteiger partial charge in [-0.3, -0.25) is 4.98 Å². The minimum Gasteiger partial charge on any atom is -0.385 e. The molecule has 0 amide bonds. The molecule has 2 N–H and O–H groups in total. The van der Waals surface area contributed by atoms with Gasteiger partial charge in [0, 0.05) is 49.2 Å². The monoisotopic (exact) mass is 435 g/mol. The van der Waals surface area contributed by atoms with Gasteiger partial charge in [-0.25, -0.2) is 4.98 Å². The largest absolute Gasteiger partial charge is 0.417 e. The van der Waals surface area contributed by atoms with E-state index in [1.807, 2.05) is 12.3 Å². The van der Waals surface area contributed by atoms with Crippen LogP contribution in [0, 0.1) is 0 Å². The van der Waals surface area contributed by atoms with Gasteiger partial charge < -0.3 is 15.5 Å². The van der Waals surface area contributed by atoms with Crippen molar-refractivity contribution in [2.45, 2.75) is 32.5 Å². The molecule has 7 nitrogen and oxygen atoms in total. The van der Waals surface area contributed by atoms with Crippen molar-refractivity contribution in [2.24, 2.45) is 0 Å². The SMILES string of the molecule is CNc1cc(C(F)(F)F)cnc1Nc1nc(-c2cc3c(cn2)CCN3C(C)C)ns1. The average Bonchev–Trinajstić information content (AvgIpc) is 3.33. The van der Waals surface area contributed by atoms with Crippen LogP contribution in [0.3, 0.4) is 0 Å². The standard InChI is InChI=1S/C19H20F3N7S/c1-10(2)29-5-4-11-8-24-14(7-15(11)29)17-27-18(30-28-17)26-16-13(23-3)6-12(9-25-16)19(20,21)22/h6-10,23H,4-5H2,1-3H3,(H,25,26,27,28). The molecule has 0 radical (unpaired) electrons. The van der Waals surface area contributed by atoms with Crippen molar-refractivity contribution in [3.05, 3.63) is 35.7 Å². The fourth-order valence-corrected chi connectivity index (χ4v) is 3.92. The number of anilines is 4. The number of pyridine rings is 2. The number of fused-ring (bicyclic) bond motifs is 1. The number of hydrogen-bond acceptors (Lipinski definition) is 8. The van der Waals surface area contributed by atoms with Gasteiger partial charge in [0.25, 0.3) is 0 Å². The summed E-state index contributed by atoms with van der Waals surface area (Å²) in [6.07, 6.45) is -0.855. The van der Waals surface area contributed by atoms with E-state index in [-0.39, 0.29) is 11.5 Å². The normalized spacial score (nSPS) is 13.6. The smallest absolute Gasteiger partial charge is 0.385 e. The van der Waals surface area contributed by atoms with Crippen LogP contribution in [0.15, 0.2) is 24.5 Å². The van der Waals surface area contributed by atoms with Crippen LogP contribution in [-0.4, -0.2) is 39.0 Å². The van der Waals surface area contributed by atoms with Crippen molar-refractivity contribution in [1.29, 1.82) is 0 Å². The molecule has 158 valence electrons. The topological polar surface area (TPSA) is 78.9 Å². The van der Waals surface area contributed by atoms with E-state index >= 15 is 0 Å². The van der Waals surface area contributed by atoms with E-state index < -0.39 is 11.7 Å². The molecule has 30 heavy (non-hydrogen) atoms. The van der Waals surface area contributed by atoms with Gasteiger partial charge in [0.1, 0.15) is 5.69 Å². The summed E-state index contributed by atoms with van der Waals surface area (Å²) in [5, 5.41) is 6.08. The van der Waals surface area contributed by atoms with E-state index in [0.29, 0.717) is 22.7 Å². The zero-order chi connectivity index (χ0) is 21.5. The molecule has 3 aromatic heterocycles. The van der Waals surface area contributed by atoms with Crippen LogP contribution >= 0.6 is 11.5 Å². The van der Waals surface area contributed by atoms with Crippen molar-refractivity contribution in [3.8, 4) is 11.5 Å². The Morgan fingerprint density at radius 3 is 2.67 bits per heavy atom. The number of nitrogens with zero attached hydrogens (tertiary/aromatic N) is 5. The van der Waals surface area contributed by atoms with Gasteiger partial charge in [0.15, 0.2) is 11.6 Å². The molecule has 0 fully saturated rings. The molecule has 3 aromatic rings. The van der Waals surface area contributed by atoms with E-state index in [4.69, 9.17) is 0 Å². The molecule has 4 heterocycles. The van der Waals surface area contributed by atoms with E-state index in [1.165, 1.54) is 12.6 Å². The number of hydrogen-bond donors (Lipinski definition) is 2. The highest BCUT2D eigenvalue weighted by Crippen LogP contribution is 2.35. The van der Waals surface area contributed by atoms with E-state index in [2.05, 4.69) is 48.7 Å². The van der Waals surface area contributed by atoms with E-state index in [0.717, 1.165) is 42.4 Å². The predicted molar refractivity (Wildman–Crippen MR) is 111 cm³/mol. The second kappa shape index (κ2) is 7.71. The highest BCUT2D eigenvalue weighted by atomic mass is 32.1. The molecular weight excluding hydrogens is 415 g/mol. The quantitative estimate of drug-likeness (QED) is 0.608. The van der Waals surface area contributed by atoms with Crippen LogP contribution in [0.4, 0.5) is 35.5 Å². The van der Waals surface area contributed by atoms with Crippen LogP contribution in [0.1, 0.15) is 25.0 Å². The summed E-state index contributed by atoms with van der Waals surface area (Å²) < 4.78 is 43.1. The third kappa shape index (κ3) is 3.89. The van der Waals surface area contributed by atoms with Crippen molar-refractivity contribution in [3.63, 3.8) is 0 Å². The lowest BCUT2D eigenvalue weighted by molar-refractivity contribution is -0.137. The maximum atomic E-state index is 12.9. The Kier molecular flexibility index (Phi) is 5.22. The van der Waals surface area contributed by atoms with Crippen molar-refractivity contribution in [2.75, 3.05) is 29.1 Å². The Labute approximate surface area is 175 Å². The molecule has 0 aromatic carbocycles. The highest BCUT2D eigenvalue weighted by Gasteiger charge is 2.32. The van der Waals surface area contributed by atoms with Gasteiger partial charge in [0.05, 0.1) is 11.3 Å². The van der Waals surface area contributed by atoms with Crippen molar-refractivity contribution in [1.82, 2.24) is 19.3 Å². The molecule has 1 aliphatic rings. The summed E-state index contributed by atoms with van der Waals surface area (Å²) in [4.78, 5) is 15.1. The van der Waals surface area contributed by atoms with Gasteiger partial charge in [-0.2, -0.15) is 22.5 Å². The zero-order valence-electron chi connectivity index (χ0n) is 16.6. The first-order chi connectivity index (χ1) is 14.3. The molecule has 0 spiro atoms. The third-order valence-electron chi connectivity index (χ3n) is 4.88. The first-order valence-corrected chi connectivity index (χ1v) is 10.1. The van der Waals surface area contributed by atoms with Gasteiger partial charge in [0.2, 0.25) is 5.13 Å². The summed E-state index contributed by atoms with van der Waals surface area (Å²) in [5.74, 6) is 0.694. The number of aromatic nitrogens is 4. The third-order valence-corrected chi connectivity index (χ3v) is 5.51. The second-order valence-corrected chi connectivity index (χ2v) is 7.90. The summed E-state index contributed by atoms with van der Waals surface area (Å²) in [7, 11) is 1.53. The molecular formula is C19H20F3N7S. The van der Waals surface area contributed by atoms with Crippen LogP contribution in [0.2, 0.25) is 0 Å². The Morgan fingerprint density at radius 1 is 1.17 bits per heavy atom. The highest BCUT2D eigenvalue weighted by molar-refractivity contribution is 7.09. The van der Waals surface area contributed by atoms with Crippen LogP contribution in [-0.2, 0) is 12.6 Å². The summed E-state index contributed by atoms with van der Waals surface area (Å²) in [6, 6.07) is 3.37. The van der Waals surface area contributed by atoms with Gasteiger partial charge in [-0.1, -0.05) is 0 Å². The molecule has 0 saturated carbocycles. The van der Waals surface area contributed by atoms with Gasteiger partial charge in [-0.05, 0) is 38.0 Å². The molecule has 1 aliphatic heterocycles. The van der Waals surface area contributed by atoms with Crippen molar-refractivity contribution < 1.29 is 13.2 Å². The van der Waals surface area contributed by atoms with E-state index in [9.17, 15) is 13.2 Å². The Bertz CT molecular complexity index is 1060. The Hall–Kier alpha value is -2.95. The second-order valence-electron chi connectivity index (χ2n) is 7.15. The summed E-state index contributed by atoms with van der Waals surface area (Å²) in [6.45, 7) is 5.26. The fraction of sp³-hybridized carbons (Fsp3) is 0.368. The molecule has 0 aliphatic carbocycles. The Balaban J connectivity index is 1.58. The first kappa shape index (κ1) is 20.3. The van der Waals surface area contributed by atoms with E-state index in [1.54, 1.807) is 0 Å². The minimum absolute atomic E-state index is 0.213. The summed E-state index contributed by atoms with van der Waals surface area (Å²) in [5.41, 5.74) is 2.38. The Morgan fingerprint density at radius 2 is 1.97 bits per heavy atom. The molecule has 4 rings (SSSR count). The number of nitrogens with one attached hydrogen (secondary N) is 2. The number of halogens is 3. The molecule has 0 unspecified atom stereocenters.